The fourth-order valence-electron chi connectivity index (χ4n) is 9.19. The maximum atomic E-state index is 12.5. The summed E-state index contributed by atoms with van der Waals surface area (Å²) in [4.78, 5) is 101. The molecule has 0 saturated carbocycles. The molecule has 0 bridgehead atoms. The minimum atomic E-state index is -0.640. The number of amides is 6. The van der Waals surface area contributed by atoms with Crippen LogP contribution in [0.1, 0.15) is 115 Å². The van der Waals surface area contributed by atoms with Gasteiger partial charge in [0.2, 0.25) is 0 Å². The molecule has 0 fully saturated rings. The Morgan fingerprint density at radius 3 is 1.13 bits per heavy atom. The highest BCUT2D eigenvalue weighted by molar-refractivity contribution is 6.29. The lowest BCUT2D eigenvalue weighted by Crippen LogP contribution is -2.36. The fraction of sp³-hybridized carbons (Fsp3) is 0.288. The number of esters is 2. The maximum Gasteiger partial charge on any atom is 0.335 e. The number of carbonyl (C=O) groups excluding carboxylic acids is 8. The molecule has 3 aliphatic heterocycles. The predicted octanol–water partition coefficient (Wildman–Crippen LogP) is 9.55. The van der Waals surface area contributed by atoms with Crippen molar-refractivity contribution >= 4 is 79.7 Å². The predicted molar refractivity (Wildman–Crippen MR) is 287 cm³/mol. The van der Waals surface area contributed by atoms with Gasteiger partial charge in [-0.2, -0.15) is 0 Å². The third-order valence-electron chi connectivity index (χ3n) is 13.2. The van der Waals surface area contributed by atoms with Crippen LogP contribution in [0.15, 0.2) is 97.6 Å². The quantitative estimate of drug-likeness (QED) is 0.0258. The lowest BCUT2D eigenvalue weighted by molar-refractivity contribution is -0.139. The van der Waals surface area contributed by atoms with Crippen molar-refractivity contribution in [2.75, 3.05) is 62.3 Å². The molecule has 0 unspecified atom stereocenters. The molecule has 0 saturated heterocycles. The van der Waals surface area contributed by atoms with Gasteiger partial charge in [-0.05, 0) is 86.1 Å². The largest absolute Gasteiger partial charge is 0.496 e. The first-order chi connectivity index (χ1) is 36.9. The Morgan fingerprint density at radius 2 is 0.779 bits per heavy atom. The van der Waals surface area contributed by atoms with Crippen molar-refractivity contribution in [2.45, 2.75) is 52.4 Å². The lowest BCUT2D eigenvalue weighted by atomic mass is 9.93. The summed E-state index contributed by atoms with van der Waals surface area (Å²) in [6, 6.07) is 19.8. The Morgan fingerprint density at radius 1 is 0.455 bits per heavy atom. The Kier molecular flexibility index (Phi) is 17.4. The zero-order chi connectivity index (χ0) is 55.8. The van der Waals surface area contributed by atoms with Gasteiger partial charge in [-0.25, -0.2) is 9.59 Å². The topological polar surface area (TPSA) is 211 Å². The molecule has 3 heterocycles. The smallest absolute Gasteiger partial charge is 0.335 e. The molecule has 9 rings (SSSR count). The number of benzene rings is 6. The van der Waals surface area contributed by atoms with Crippen molar-refractivity contribution < 1.29 is 71.5 Å². The van der Waals surface area contributed by atoms with Gasteiger partial charge in [0.1, 0.15) is 47.7 Å². The van der Waals surface area contributed by atoms with E-state index in [1.807, 2.05) is 6.07 Å². The van der Waals surface area contributed by atoms with Crippen molar-refractivity contribution in [3.8, 4) is 34.5 Å². The van der Waals surface area contributed by atoms with Gasteiger partial charge in [0.25, 0.3) is 35.4 Å². The maximum absolute atomic E-state index is 12.5. The van der Waals surface area contributed by atoms with Crippen molar-refractivity contribution in [3.63, 3.8) is 0 Å². The molecule has 0 N–H and O–H groups in total. The number of rotatable bonds is 18. The number of imide groups is 3. The van der Waals surface area contributed by atoms with Gasteiger partial charge in [-0.3, -0.25) is 43.5 Å². The zero-order valence-corrected chi connectivity index (χ0v) is 44.2. The number of hydrogen-bond donors (Lipinski definition) is 0. The number of carbonyl (C=O) groups is 8. The number of ether oxygens (including phenoxy) is 7. The highest BCUT2D eigenvalue weighted by Crippen LogP contribution is 2.44. The molecule has 400 valence electrons. The van der Waals surface area contributed by atoms with E-state index in [1.54, 1.807) is 68.6 Å². The van der Waals surface area contributed by atoms with Gasteiger partial charge in [-0.15, -0.1) is 0 Å². The Bertz CT molecular complexity index is 3370. The first-order valence-electron chi connectivity index (χ1n) is 24.8. The molecule has 0 aromatic heterocycles. The Labute approximate surface area is 444 Å². The fourth-order valence-corrected chi connectivity index (χ4v) is 9.19. The van der Waals surface area contributed by atoms with E-state index in [2.05, 4.69) is 20.1 Å². The summed E-state index contributed by atoms with van der Waals surface area (Å²) in [6.45, 7) is 11.4. The molecule has 18 nitrogen and oxygen atoms in total. The van der Waals surface area contributed by atoms with Crippen LogP contribution in [-0.4, -0.2) is 124 Å². The molecule has 6 aromatic rings. The van der Waals surface area contributed by atoms with Gasteiger partial charge in [0.15, 0.2) is 0 Å². The highest BCUT2D eigenvalue weighted by Gasteiger charge is 2.35. The van der Waals surface area contributed by atoms with Crippen LogP contribution in [0, 0.1) is 0 Å². The standard InChI is InChI=1S/C22H27NO4.C20H19NO6.C17H13NO5/c1-4-5-6-7-8-9-14-27-18-13-11-16-19-15(21(24)23(2)22(16)25)10-12-17(26-3)20(18)19;1-11(2)20(24)27-10-9-26-15-8-6-13-16-12(18(22)21(3)19(13)23)5-7-14(25-4)17(15)16;1-4-13(19)23-12-8-6-10-14-9(16(20)18(2)17(10)21)5-7-11(22-3)15(12)14/h10-13H,4-9,14H2,1-3H3;5-8H,1,9-10H2,2-4H3;4-8H,1H2,2-3H3. The van der Waals surface area contributed by atoms with Crippen LogP contribution in [-0.2, 0) is 14.3 Å². The molecule has 3 aliphatic rings. The molecule has 0 atom stereocenters. The summed E-state index contributed by atoms with van der Waals surface area (Å²) in [5.74, 6) is -0.527. The molecule has 0 spiro atoms. The van der Waals surface area contributed by atoms with Gasteiger partial charge in [-0.1, -0.05) is 52.2 Å². The van der Waals surface area contributed by atoms with E-state index in [0.717, 1.165) is 33.6 Å². The van der Waals surface area contributed by atoms with E-state index in [0.29, 0.717) is 107 Å². The third kappa shape index (κ3) is 10.9. The van der Waals surface area contributed by atoms with Crippen LogP contribution in [0.5, 0.6) is 34.5 Å². The van der Waals surface area contributed by atoms with E-state index >= 15 is 0 Å². The van der Waals surface area contributed by atoms with Crippen molar-refractivity contribution in [1.82, 2.24) is 14.7 Å². The summed E-state index contributed by atoms with van der Waals surface area (Å²) >= 11 is 0. The molecule has 18 heteroatoms. The lowest BCUT2D eigenvalue weighted by Gasteiger charge is -2.25. The molecular weight excluding hydrogens is 991 g/mol. The van der Waals surface area contributed by atoms with Crippen molar-refractivity contribution in [1.29, 1.82) is 0 Å². The first kappa shape index (κ1) is 55.7. The van der Waals surface area contributed by atoms with Gasteiger partial charge in [0, 0.05) is 82.3 Å². The van der Waals surface area contributed by atoms with Gasteiger partial charge >= 0.3 is 11.9 Å². The summed E-state index contributed by atoms with van der Waals surface area (Å²) in [5, 5.41) is 3.20. The van der Waals surface area contributed by atoms with Crippen LogP contribution in [0.4, 0.5) is 0 Å². The van der Waals surface area contributed by atoms with Gasteiger partial charge in [0.05, 0.1) is 44.1 Å². The number of nitrogens with zero attached hydrogens (tertiary/aromatic N) is 3. The van der Waals surface area contributed by atoms with E-state index in [-0.39, 0.29) is 42.6 Å². The number of unbranched alkanes of at least 4 members (excludes halogenated alkanes) is 5. The van der Waals surface area contributed by atoms with Crippen molar-refractivity contribution in [3.05, 3.63) is 131 Å². The van der Waals surface area contributed by atoms with E-state index in [1.165, 1.54) is 73.2 Å². The van der Waals surface area contributed by atoms with Crippen LogP contribution >= 0.6 is 0 Å². The second-order valence-corrected chi connectivity index (χ2v) is 18.0. The second kappa shape index (κ2) is 24.1. The molecule has 0 radical (unpaired) electrons. The third-order valence-corrected chi connectivity index (χ3v) is 13.2. The van der Waals surface area contributed by atoms with Crippen LogP contribution < -0.4 is 28.4 Å². The van der Waals surface area contributed by atoms with E-state index in [9.17, 15) is 38.4 Å². The zero-order valence-electron chi connectivity index (χ0n) is 44.2. The molecule has 6 amide bonds. The van der Waals surface area contributed by atoms with Crippen molar-refractivity contribution in [2.24, 2.45) is 0 Å². The normalized spacial score (nSPS) is 13.2. The summed E-state index contributed by atoms with van der Waals surface area (Å²) in [7, 11) is 8.93. The second-order valence-electron chi connectivity index (χ2n) is 18.0. The van der Waals surface area contributed by atoms with Crippen LogP contribution in [0.25, 0.3) is 32.3 Å². The molecular formula is C59H59N3O15. The summed E-state index contributed by atoms with van der Waals surface area (Å²) in [6.07, 6.45) is 8.16. The van der Waals surface area contributed by atoms with E-state index < -0.39 is 23.8 Å². The highest BCUT2D eigenvalue weighted by atomic mass is 16.6. The molecule has 0 aliphatic carbocycles. The monoisotopic (exact) mass is 1050 g/mol. The number of hydrogen-bond acceptors (Lipinski definition) is 15. The number of methoxy groups -OCH3 is 3. The Hall–Kier alpha value is -9.06. The Balaban J connectivity index is 0.000000168. The summed E-state index contributed by atoms with van der Waals surface area (Å²) in [5.41, 5.74) is 2.84. The average Bonchev–Trinajstić information content (AvgIpc) is 3.46. The van der Waals surface area contributed by atoms with Crippen LogP contribution in [0.3, 0.4) is 0 Å². The summed E-state index contributed by atoms with van der Waals surface area (Å²) < 4.78 is 38.2. The minimum Gasteiger partial charge on any atom is -0.496 e. The molecule has 77 heavy (non-hydrogen) atoms. The van der Waals surface area contributed by atoms with E-state index in [4.69, 9.17) is 33.2 Å². The van der Waals surface area contributed by atoms with Crippen LogP contribution in [0.2, 0.25) is 0 Å². The molecule has 6 aromatic carbocycles. The average molecular weight is 1050 g/mol. The minimum absolute atomic E-state index is 0.0392. The van der Waals surface area contributed by atoms with Gasteiger partial charge < -0.3 is 33.2 Å². The first-order valence-corrected chi connectivity index (χ1v) is 24.8. The SMILES string of the molecule is C=C(C)C(=O)OCCOc1ccc2c3c(ccc(OC)c13)C(=O)N(C)C2=O.C=CC(=O)Oc1ccc2c3c(ccc(OC)c13)C(=O)N(C)C2=O.CCCCCCCCOc1ccc2c3c(ccc(OC)c13)C(=O)N(C)C2=O.